The average Bonchev–Trinajstić information content (AvgIpc) is 3.23. The Morgan fingerprint density at radius 2 is 2.00 bits per heavy atom. The van der Waals surface area contributed by atoms with E-state index in [1.165, 1.54) is 21.3 Å². The van der Waals surface area contributed by atoms with E-state index in [0.717, 1.165) is 5.56 Å². The van der Waals surface area contributed by atoms with Crippen molar-refractivity contribution < 1.29 is 17.9 Å². The van der Waals surface area contributed by atoms with Gasteiger partial charge >= 0.3 is 0 Å². The number of thiophene rings is 1. The number of nitrogens with zero attached hydrogens (tertiary/aromatic N) is 1. The van der Waals surface area contributed by atoms with Gasteiger partial charge in [0.05, 0.1) is 17.2 Å². The lowest BCUT2D eigenvalue weighted by atomic mass is 10.1. The average molecular weight is 443 g/mol. The summed E-state index contributed by atoms with van der Waals surface area (Å²) in [6, 6.07) is 15.3. The van der Waals surface area contributed by atoms with Crippen LogP contribution < -0.4 is 10.1 Å². The molecule has 2 heterocycles. The molecule has 6 nitrogen and oxygen atoms in total. The van der Waals surface area contributed by atoms with Crippen molar-refractivity contribution >= 4 is 33.0 Å². The van der Waals surface area contributed by atoms with Crippen LogP contribution >= 0.6 is 11.3 Å². The first-order valence-electron chi connectivity index (χ1n) is 9.67. The molecule has 1 aliphatic heterocycles. The van der Waals surface area contributed by atoms with Crippen molar-refractivity contribution in [3.8, 4) is 5.75 Å². The molecule has 0 aliphatic carbocycles. The normalized spacial score (nSPS) is 14.2. The third kappa shape index (κ3) is 4.12. The van der Waals surface area contributed by atoms with Crippen molar-refractivity contribution in [2.45, 2.75) is 24.8 Å². The number of benzene rings is 2. The van der Waals surface area contributed by atoms with E-state index in [2.05, 4.69) is 5.32 Å². The number of nitrogens with one attached hydrogen (secondary N) is 1. The second kappa shape index (κ2) is 8.59. The first-order valence-corrected chi connectivity index (χ1v) is 12.0. The molecule has 2 aromatic carbocycles. The third-order valence-electron chi connectivity index (χ3n) is 4.94. The molecule has 0 radical (unpaired) electrons. The number of fused-ring (bicyclic) bond motifs is 1. The zero-order valence-corrected chi connectivity index (χ0v) is 18.1. The van der Waals surface area contributed by atoms with E-state index in [-0.39, 0.29) is 10.5 Å². The minimum atomic E-state index is -3.70. The van der Waals surface area contributed by atoms with Crippen LogP contribution in [-0.2, 0) is 23.0 Å². The van der Waals surface area contributed by atoms with Crippen LogP contribution in [0.2, 0.25) is 0 Å². The molecule has 1 amide bonds. The van der Waals surface area contributed by atoms with Gasteiger partial charge in [-0.25, -0.2) is 8.42 Å². The number of rotatable bonds is 6. The lowest BCUT2D eigenvalue weighted by Gasteiger charge is -2.26. The standard InChI is InChI=1S/C22H22N2O4S2/c1-2-28-20-9-4-3-8-19(20)23-22(25)16-6-5-7-18(14-16)30(26,27)24-12-10-21-17(15-24)11-13-29-21/h3-9,11,13-14H,2,10,12,15H2,1H3,(H,23,25). The van der Waals surface area contributed by atoms with Crippen LogP contribution in [0.1, 0.15) is 27.7 Å². The summed E-state index contributed by atoms with van der Waals surface area (Å²) >= 11 is 1.66. The van der Waals surface area contributed by atoms with E-state index in [0.29, 0.717) is 37.6 Å². The highest BCUT2D eigenvalue weighted by molar-refractivity contribution is 7.89. The van der Waals surface area contributed by atoms with Crippen molar-refractivity contribution in [3.63, 3.8) is 0 Å². The predicted molar refractivity (Wildman–Crippen MR) is 118 cm³/mol. The van der Waals surface area contributed by atoms with Crippen molar-refractivity contribution in [2.24, 2.45) is 0 Å². The molecule has 0 atom stereocenters. The molecule has 1 N–H and O–H groups in total. The first-order chi connectivity index (χ1) is 14.5. The molecule has 4 rings (SSSR count). The summed E-state index contributed by atoms with van der Waals surface area (Å²) < 4.78 is 33.4. The summed E-state index contributed by atoms with van der Waals surface area (Å²) in [6.07, 6.45) is 0.709. The number of hydrogen-bond donors (Lipinski definition) is 1. The Hall–Kier alpha value is -2.68. The molecule has 8 heteroatoms. The van der Waals surface area contributed by atoms with E-state index in [9.17, 15) is 13.2 Å². The van der Waals surface area contributed by atoms with E-state index in [4.69, 9.17) is 4.74 Å². The zero-order valence-electron chi connectivity index (χ0n) is 16.5. The number of para-hydroxylation sites is 2. The molecule has 3 aromatic rings. The highest BCUT2D eigenvalue weighted by Gasteiger charge is 2.29. The van der Waals surface area contributed by atoms with E-state index in [1.54, 1.807) is 41.7 Å². The van der Waals surface area contributed by atoms with Gasteiger partial charge in [-0.3, -0.25) is 4.79 Å². The summed E-state index contributed by atoms with van der Waals surface area (Å²) in [4.78, 5) is 14.1. The van der Waals surface area contributed by atoms with Crippen LogP contribution in [0.5, 0.6) is 5.75 Å². The van der Waals surface area contributed by atoms with Gasteiger partial charge in [-0.05, 0) is 60.7 Å². The fourth-order valence-electron chi connectivity index (χ4n) is 3.42. The number of ether oxygens (including phenoxy) is 1. The second-order valence-corrected chi connectivity index (χ2v) is 9.81. The van der Waals surface area contributed by atoms with Crippen LogP contribution in [0.25, 0.3) is 0 Å². The highest BCUT2D eigenvalue weighted by atomic mass is 32.2. The highest BCUT2D eigenvalue weighted by Crippen LogP contribution is 2.29. The molecule has 0 fully saturated rings. The maximum atomic E-state index is 13.2. The molecule has 0 saturated carbocycles. The van der Waals surface area contributed by atoms with Gasteiger partial charge in [0.2, 0.25) is 10.0 Å². The third-order valence-corrected chi connectivity index (χ3v) is 7.81. The van der Waals surface area contributed by atoms with Crippen molar-refractivity contribution in [2.75, 3.05) is 18.5 Å². The van der Waals surface area contributed by atoms with Gasteiger partial charge in [0, 0.05) is 23.5 Å². The number of hydrogen-bond acceptors (Lipinski definition) is 5. The summed E-state index contributed by atoms with van der Waals surface area (Å²) in [5.74, 6) is 0.176. The number of anilines is 1. The van der Waals surface area contributed by atoms with Crippen molar-refractivity contribution in [3.05, 3.63) is 76.0 Å². The summed E-state index contributed by atoms with van der Waals surface area (Å²) in [6.45, 7) is 3.14. The van der Waals surface area contributed by atoms with Crippen LogP contribution in [-0.4, -0.2) is 31.8 Å². The quantitative estimate of drug-likeness (QED) is 0.622. The smallest absolute Gasteiger partial charge is 0.255 e. The van der Waals surface area contributed by atoms with Crippen molar-refractivity contribution in [1.82, 2.24) is 4.31 Å². The van der Waals surface area contributed by atoms with Gasteiger partial charge in [0.15, 0.2) is 0 Å². The predicted octanol–water partition coefficient (Wildman–Crippen LogP) is 4.15. The van der Waals surface area contributed by atoms with Crippen LogP contribution in [0, 0.1) is 0 Å². The Balaban J connectivity index is 1.56. The lowest BCUT2D eigenvalue weighted by molar-refractivity contribution is 0.102. The topological polar surface area (TPSA) is 75.7 Å². The maximum Gasteiger partial charge on any atom is 0.255 e. The minimum Gasteiger partial charge on any atom is -0.492 e. The summed E-state index contributed by atoms with van der Waals surface area (Å²) in [7, 11) is -3.70. The fourth-order valence-corrected chi connectivity index (χ4v) is 5.78. The number of carbonyl (C=O) groups excluding carboxylic acids is 1. The molecule has 1 aromatic heterocycles. The van der Waals surface area contributed by atoms with Crippen LogP contribution in [0.15, 0.2) is 64.9 Å². The molecule has 156 valence electrons. The molecule has 0 spiro atoms. The Morgan fingerprint density at radius 1 is 1.17 bits per heavy atom. The van der Waals surface area contributed by atoms with Gasteiger partial charge in [0.25, 0.3) is 5.91 Å². The SMILES string of the molecule is CCOc1ccccc1NC(=O)c1cccc(S(=O)(=O)N2CCc3sccc3C2)c1. The second-order valence-electron chi connectivity index (χ2n) is 6.87. The minimum absolute atomic E-state index is 0.118. The van der Waals surface area contributed by atoms with E-state index < -0.39 is 15.9 Å². The van der Waals surface area contributed by atoms with Crippen molar-refractivity contribution in [1.29, 1.82) is 0 Å². The largest absolute Gasteiger partial charge is 0.492 e. The van der Waals surface area contributed by atoms with Gasteiger partial charge in [-0.15, -0.1) is 11.3 Å². The van der Waals surface area contributed by atoms with Crippen LogP contribution in [0.4, 0.5) is 5.69 Å². The summed E-state index contributed by atoms with van der Waals surface area (Å²) in [5.41, 5.74) is 1.87. The molecule has 0 saturated heterocycles. The summed E-state index contributed by atoms with van der Waals surface area (Å²) in [5, 5.41) is 4.80. The molecule has 0 bridgehead atoms. The fraction of sp³-hybridized carbons (Fsp3) is 0.227. The van der Waals surface area contributed by atoms with Gasteiger partial charge in [0.1, 0.15) is 5.75 Å². The van der Waals surface area contributed by atoms with E-state index >= 15 is 0 Å². The number of sulfonamides is 1. The van der Waals surface area contributed by atoms with Gasteiger partial charge in [-0.2, -0.15) is 4.31 Å². The molecular weight excluding hydrogens is 420 g/mol. The Morgan fingerprint density at radius 3 is 2.83 bits per heavy atom. The number of amides is 1. The van der Waals surface area contributed by atoms with Gasteiger partial charge in [-0.1, -0.05) is 18.2 Å². The van der Waals surface area contributed by atoms with Crippen LogP contribution in [0.3, 0.4) is 0 Å². The Kier molecular flexibility index (Phi) is 5.90. The Bertz CT molecular complexity index is 1170. The number of carbonyl (C=O) groups is 1. The zero-order chi connectivity index (χ0) is 21.1. The van der Waals surface area contributed by atoms with E-state index in [1.807, 2.05) is 24.4 Å². The molecular formula is C22H22N2O4S2. The maximum absolute atomic E-state index is 13.2. The first kappa shape index (κ1) is 20.6. The van der Waals surface area contributed by atoms with Gasteiger partial charge < -0.3 is 10.1 Å². The molecule has 1 aliphatic rings. The Labute approximate surface area is 180 Å². The molecule has 0 unspecified atom stereocenters. The molecule has 30 heavy (non-hydrogen) atoms. The monoisotopic (exact) mass is 442 g/mol. The lowest BCUT2D eigenvalue weighted by Crippen LogP contribution is -2.35.